The highest BCUT2D eigenvalue weighted by Crippen LogP contribution is 2.67. The van der Waals surface area contributed by atoms with Gasteiger partial charge in [-0.05, 0) is 76.1 Å². The molecule has 5 nitrogen and oxygen atoms in total. The highest BCUT2D eigenvalue weighted by Gasteiger charge is 2.69. The lowest BCUT2D eigenvalue weighted by molar-refractivity contribution is -0.200. The van der Waals surface area contributed by atoms with Gasteiger partial charge in [-0.3, -0.25) is 9.67 Å². The molecule has 2 aliphatic heterocycles. The van der Waals surface area contributed by atoms with Gasteiger partial charge in [0, 0.05) is 30.1 Å². The molecule has 1 spiro atoms. The minimum Gasteiger partial charge on any atom is -0.375 e. The van der Waals surface area contributed by atoms with Gasteiger partial charge in [0.05, 0.1) is 28.8 Å². The van der Waals surface area contributed by atoms with E-state index in [1.165, 1.54) is 12.8 Å². The number of aromatic nitrogens is 3. The third-order valence-corrected chi connectivity index (χ3v) is 9.17. The van der Waals surface area contributed by atoms with Gasteiger partial charge in [-0.25, -0.2) is 0 Å². The molecule has 3 fully saturated rings. The number of rotatable bonds is 6. The van der Waals surface area contributed by atoms with Crippen LogP contribution in [0.4, 0.5) is 13.2 Å². The molecular weight excluding hydrogens is 441 g/mol. The van der Waals surface area contributed by atoms with Crippen LogP contribution in [0.1, 0.15) is 87.7 Å². The number of fused-ring (bicyclic) bond motifs is 1. The predicted octanol–water partition coefficient (Wildman–Crippen LogP) is 5.65. The molecule has 1 saturated heterocycles. The van der Waals surface area contributed by atoms with Crippen molar-refractivity contribution < 1.29 is 17.9 Å². The monoisotopic (exact) mass is 474 g/mol. The highest BCUT2D eigenvalue weighted by atomic mass is 19.4. The molecule has 0 amide bonds. The Morgan fingerprint density at radius 3 is 2.59 bits per heavy atom. The molecule has 1 N–H and O–H groups in total. The minimum atomic E-state index is -4.18. The SMILES string of the molecule is FC(F)(F)C1([C@@H]2C[C@@H](NCC[C@@]3(c4ccccn4)CCOC4(CCCC4)C3)c3ccnn32)CC1. The Labute approximate surface area is 198 Å². The van der Waals surface area contributed by atoms with Gasteiger partial charge in [-0.15, -0.1) is 0 Å². The molecule has 184 valence electrons. The fourth-order valence-electron chi connectivity index (χ4n) is 7.17. The van der Waals surface area contributed by atoms with Crippen LogP contribution in [0.25, 0.3) is 0 Å². The molecule has 0 unspecified atom stereocenters. The second kappa shape index (κ2) is 8.05. The van der Waals surface area contributed by atoms with Gasteiger partial charge in [0.1, 0.15) is 0 Å². The second-order valence-electron chi connectivity index (χ2n) is 11.0. The molecule has 8 heteroatoms. The van der Waals surface area contributed by atoms with Gasteiger partial charge in [-0.1, -0.05) is 18.9 Å². The summed E-state index contributed by atoms with van der Waals surface area (Å²) >= 11 is 0. The lowest BCUT2D eigenvalue weighted by Crippen LogP contribution is -2.47. The van der Waals surface area contributed by atoms with E-state index >= 15 is 0 Å². The normalized spacial score (nSPS) is 31.6. The summed E-state index contributed by atoms with van der Waals surface area (Å²) in [6.45, 7) is 1.47. The first kappa shape index (κ1) is 22.5. The Hall–Kier alpha value is -1.93. The van der Waals surface area contributed by atoms with Gasteiger partial charge >= 0.3 is 6.18 Å². The zero-order valence-electron chi connectivity index (χ0n) is 19.5. The molecular formula is C26H33F3N4O. The van der Waals surface area contributed by atoms with Crippen LogP contribution >= 0.6 is 0 Å². The minimum absolute atomic E-state index is 0.0437. The average molecular weight is 475 g/mol. The number of hydrogen-bond acceptors (Lipinski definition) is 4. The van der Waals surface area contributed by atoms with Crippen molar-refractivity contribution in [2.24, 2.45) is 5.41 Å². The van der Waals surface area contributed by atoms with E-state index in [1.54, 1.807) is 10.9 Å². The largest absolute Gasteiger partial charge is 0.396 e. The molecule has 2 aromatic rings. The molecule has 4 aliphatic rings. The van der Waals surface area contributed by atoms with Crippen LogP contribution in [0.15, 0.2) is 36.7 Å². The maximum atomic E-state index is 13.9. The van der Waals surface area contributed by atoms with Crippen molar-refractivity contribution in [2.75, 3.05) is 13.2 Å². The summed E-state index contributed by atoms with van der Waals surface area (Å²) in [5.74, 6) is 0. The van der Waals surface area contributed by atoms with Crippen molar-refractivity contribution in [3.63, 3.8) is 0 Å². The van der Waals surface area contributed by atoms with E-state index in [1.807, 2.05) is 18.3 Å². The average Bonchev–Trinajstić information content (AvgIpc) is 3.13. The van der Waals surface area contributed by atoms with Crippen LogP contribution in [0.2, 0.25) is 0 Å². The van der Waals surface area contributed by atoms with Gasteiger partial charge in [0.2, 0.25) is 0 Å². The van der Waals surface area contributed by atoms with Crippen LogP contribution in [0, 0.1) is 5.41 Å². The summed E-state index contributed by atoms with van der Waals surface area (Å²) in [6.07, 6.45) is 7.63. The van der Waals surface area contributed by atoms with Gasteiger partial charge in [0.25, 0.3) is 0 Å². The van der Waals surface area contributed by atoms with Crippen molar-refractivity contribution in [2.45, 2.75) is 93.5 Å². The fourth-order valence-corrected chi connectivity index (χ4v) is 7.17. The predicted molar refractivity (Wildman–Crippen MR) is 121 cm³/mol. The lowest BCUT2D eigenvalue weighted by atomic mass is 9.68. The second-order valence-corrected chi connectivity index (χ2v) is 11.0. The third-order valence-electron chi connectivity index (χ3n) is 9.17. The quantitative estimate of drug-likeness (QED) is 0.588. The Morgan fingerprint density at radius 1 is 1.06 bits per heavy atom. The van der Waals surface area contributed by atoms with Crippen LogP contribution in [0.3, 0.4) is 0 Å². The topological polar surface area (TPSA) is 52.0 Å². The van der Waals surface area contributed by atoms with E-state index in [4.69, 9.17) is 9.72 Å². The molecule has 4 heterocycles. The van der Waals surface area contributed by atoms with Crippen molar-refractivity contribution in [1.29, 1.82) is 0 Å². The number of nitrogens with one attached hydrogen (secondary N) is 1. The number of ether oxygens (including phenoxy) is 1. The molecule has 2 aromatic heterocycles. The first-order valence-electron chi connectivity index (χ1n) is 12.8. The Bertz CT molecular complexity index is 1010. The van der Waals surface area contributed by atoms with Crippen LogP contribution in [0.5, 0.6) is 0 Å². The van der Waals surface area contributed by atoms with Crippen LogP contribution in [-0.4, -0.2) is 39.7 Å². The van der Waals surface area contributed by atoms with E-state index in [0.29, 0.717) is 6.42 Å². The highest BCUT2D eigenvalue weighted by molar-refractivity contribution is 5.22. The first-order chi connectivity index (χ1) is 16.4. The summed E-state index contributed by atoms with van der Waals surface area (Å²) in [5.41, 5.74) is 0.285. The summed E-state index contributed by atoms with van der Waals surface area (Å²) in [7, 11) is 0. The maximum absolute atomic E-state index is 13.9. The van der Waals surface area contributed by atoms with Gasteiger partial charge in [-0.2, -0.15) is 18.3 Å². The smallest absolute Gasteiger partial charge is 0.375 e. The summed E-state index contributed by atoms with van der Waals surface area (Å²) < 4.78 is 49.6. The van der Waals surface area contributed by atoms with Gasteiger partial charge < -0.3 is 10.1 Å². The molecule has 3 atom stereocenters. The first-order valence-corrected chi connectivity index (χ1v) is 12.8. The summed E-state index contributed by atoms with van der Waals surface area (Å²) in [6, 6.07) is 7.31. The molecule has 0 aromatic carbocycles. The standard InChI is InChI=1S/C26H33F3N4O/c27-26(28,29)25(9-10-25)22-17-19(20-6-14-32-33(20)22)30-15-11-23(21-5-1-4-13-31-21)12-16-34-24(18-23)7-2-3-8-24/h1,4-6,13-14,19,22,30H,2-3,7-12,15-18H2/t19-,22+,23-/m1/s1. The van der Waals surface area contributed by atoms with Crippen molar-refractivity contribution in [3.05, 3.63) is 48.0 Å². The van der Waals surface area contributed by atoms with Crippen molar-refractivity contribution in [1.82, 2.24) is 20.1 Å². The number of halogens is 3. The third kappa shape index (κ3) is 3.60. The number of hydrogen-bond donors (Lipinski definition) is 1. The zero-order chi connectivity index (χ0) is 23.4. The fraction of sp³-hybridized carbons (Fsp3) is 0.692. The molecule has 0 radical (unpaired) electrons. The maximum Gasteiger partial charge on any atom is 0.396 e. The van der Waals surface area contributed by atoms with Gasteiger partial charge in [0.15, 0.2) is 0 Å². The Balaban J connectivity index is 1.19. The van der Waals surface area contributed by atoms with Crippen molar-refractivity contribution >= 4 is 0 Å². The Kier molecular flexibility index (Phi) is 5.33. The van der Waals surface area contributed by atoms with Crippen molar-refractivity contribution in [3.8, 4) is 0 Å². The van der Waals surface area contributed by atoms with E-state index in [0.717, 1.165) is 56.6 Å². The number of alkyl halides is 3. The van der Waals surface area contributed by atoms with Crippen LogP contribution < -0.4 is 5.32 Å². The molecule has 2 aliphatic carbocycles. The van der Waals surface area contributed by atoms with Crippen LogP contribution in [-0.2, 0) is 10.2 Å². The summed E-state index contributed by atoms with van der Waals surface area (Å²) in [4.78, 5) is 4.76. The zero-order valence-corrected chi connectivity index (χ0v) is 19.5. The molecule has 6 rings (SSSR count). The molecule has 34 heavy (non-hydrogen) atoms. The number of pyridine rings is 1. The van der Waals surface area contributed by atoms with E-state index in [9.17, 15) is 13.2 Å². The van der Waals surface area contributed by atoms with E-state index < -0.39 is 17.6 Å². The lowest BCUT2D eigenvalue weighted by Gasteiger charge is -2.46. The molecule has 2 saturated carbocycles. The Morgan fingerprint density at radius 2 is 1.88 bits per heavy atom. The molecule has 0 bridgehead atoms. The number of nitrogens with zero attached hydrogens (tertiary/aromatic N) is 3. The van der Waals surface area contributed by atoms with E-state index in [-0.39, 0.29) is 29.9 Å². The van der Waals surface area contributed by atoms with E-state index in [2.05, 4.69) is 22.5 Å². The summed E-state index contributed by atoms with van der Waals surface area (Å²) in [5, 5.41) is 7.93.